The fraction of sp³-hybridized carbons (Fsp3) is 0.562. The Morgan fingerprint density at radius 2 is 2.05 bits per heavy atom. The normalized spacial score (nSPS) is 17.5. The van der Waals surface area contributed by atoms with E-state index >= 15 is 0 Å². The highest BCUT2D eigenvalue weighted by Crippen LogP contribution is 2.20. The van der Waals surface area contributed by atoms with Gasteiger partial charge < -0.3 is 15.8 Å². The molecular weight excluding hydrogens is 252 g/mol. The zero-order valence-corrected chi connectivity index (χ0v) is 12.1. The highest BCUT2D eigenvalue weighted by molar-refractivity contribution is 5.81. The minimum Gasteiger partial charge on any atom is -0.481 e. The summed E-state index contributed by atoms with van der Waals surface area (Å²) in [6.45, 7) is 2.19. The van der Waals surface area contributed by atoms with E-state index in [4.69, 9.17) is 10.5 Å². The molecule has 1 aromatic carbocycles. The van der Waals surface area contributed by atoms with Crippen molar-refractivity contribution in [2.75, 3.05) is 0 Å². The number of carbonyl (C=O) groups excluding carboxylic acids is 1. The van der Waals surface area contributed by atoms with Crippen LogP contribution in [0.15, 0.2) is 24.3 Å². The average Bonchev–Trinajstić information content (AvgIpc) is 2.48. The first-order chi connectivity index (χ1) is 9.70. The quantitative estimate of drug-likeness (QED) is 0.867. The number of nitrogens with one attached hydrogen (secondary N) is 1. The lowest BCUT2D eigenvalue weighted by Gasteiger charge is -2.25. The van der Waals surface area contributed by atoms with Crippen LogP contribution in [0.25, 0.3) is 0 Å². The number of carbonyl (C=O) groups is 1. The van der Waals surface area contributed by atoms with Crippen LogP contribution in [0.4, 0.5) is 0 Å². The minimum absolute atomic E-state index is 0.0382. The van der Waals surface area contributed by atoms with E-state index < -0.39 is 6.10 Å². The summed E-state index contributed by atoms with van der Waals surface area (Å²) in [6.07, 6.45) is 5.36. The molecule has 4 heteroatoms. The Labute approximate surface area is 120 Å². The molecule has 1 aromatic rings. The summed E-state index contributed by atoms with van der Waals surface area (Å²) in [6, 6.07) is 7.89. The fourth-order valence-electron chi connectivity index (χ4n) is 2.60. The number of amides is 1. The van der Waals surface area contributed by atoms with Crippen molar-refractivity contribution in [3.05, 3.63) is 29.8 Å². The summed E-state index contributed by atoms with van der Waals surface area (Å²) >= 11 is 0. The van der Waals surface area contributed by atoms with E-state index in [1.807, 2.05) is 24.3 Å². The predicted octanol–water partition coefficient (Wildman–Crippen LogP) is 2.36. The van der Waals surface area contributed by atoms with E-state index in [0.717, 1.165) is 18.4 Å². The number of ether oxygens (including phenoxy) is 1. The van der Waals surface area contributed by atoms with Gasteiger partial charge in [0.1, 0.15) is 5.75 Å². The maximum atomic E-state index is 12.1. The second-order valence-corrected chi connectivity index (χ2v) is 5.42. The number of benzene rings is 1. The molecule has 0 radical (unpaired) electrons. The molecule has 1 amide bonds. The second kappa shape index (κ2) is 7.29. The van der Waals surface area contributed by atoms with Gasteiger partial charge in [0.05, 0.1) is 0 Å². The third kappa shape index (κ3) is 3.97. The van der Waals surface area contributed by atoms with Crippen LogP contribution in [-0.4, -0.2) is 18.1 Å². The highest BCUT2D eigenvalue weighted by Gasteiger charge is 2.21. The summed E-state index contributed by atoms with van der Waals surface area (Å²) in [5, 5.41) is 3.08. The molecule has 1 atom stereocenters. The van der Waals surface area contributed by atoms with Crippen molar-refractivity contribution in [1.29, 1.82) is 0 Å². The Hall–Kier alpha value is -1.55. The first-order valence-electron chi connectivity index (χ1n) is 7.45. The number of rotatable bonds is 5. The Morgan fingerprint density at radius 3 is 2.75 bits per heavy atom. The first-order valence-corrected chi connectivity index (χ1v) is 7.45. The largest absolute Gasteiger partial charge is 0.481 e. The van der Waals surface area contributed by atoms with Gasteiger partial charge in [0, 0.05) is 18.2 Å². The molecule has 0 heterocycles. The second-order valence-electron chi connectivity index (χ2n) is 5.42. The van der Waals surface area contributed by atoms with Crippen LogP contribution in [-0.2, 0) is 11.3 Å². The van der Waals surface area contributed by atoms with Gasteiger partial charge in [-0.2, -0.15) is 0 Å². The fourth-order valence-corrected chi connectivity index (χ4v) is 2.60. The summed E-state index contributed by atoms with van der Waals surface area (Å²) in [7, 11) is 0. The van der Waals surface area contributed by atoms with Gasteiger partial charge in [0.25, 0.3) is 5.91 Å². The van der Waals surface area contributed by atoms with Crippen molar-refractivity contribution in [2.45, 2.75) is 57.7 Å². The number of hydrogen-bond donors (Lipinski definition) is 2. The molecule has 0 aliphatic heterocycles. The van der Waals surface area contributed by atoms with Crippen molar-refractivity contribution in [3.8, 4) is 5.75 Å². The molecule has 2 rings (SSSR count). The molecule has 1 fully saturated rings. The lowest BCUT2D eigenvalue weighted by Crippen LogP contribution is -2.43. The summed E-state index contributed by atoms with van der Waals surface area (Å²) < 4.78 is 5.75. The van der Waals surface area contributed by atoms with Gasteiger partial charge in [-0.1, -0.05) is 37.5 Å². The molecule has 0 spiro atoms. The maximum Gasteiger partial charge on any atom is 0.260 e. The zero-order valence-electron chi connectivity index (χ0n) is 12.1. The molecule has 1 saturated carbocycles. The molecule has 0 saturated heterocycles. The molecular formula is C16H24N2O2. The third-order valence-corrected chi connectivity index (χ3v) is 3.82. The smallest absolute Gasteiger partial charge is 0.260 e. The Kier molecular flexibility index (Phi) is 5.41. The Bertz CT molecular complexity index is 442. The van der Waals surface area contributed by atoms with Crippen molar-refractivity contribution in [2.24, 2.45) is 5.73 Å². The molecule has 1 unspecified atom stereocenters. The van der Waals surface area contributed by atoms with Gasteiger partial charge in [-0.25, -0.2) is 0 Å². The molecule has 3 N–H and O–H groups in total. The Morgan fingerprint density at radius 1 is 1.35 bits per heavy atom. The molecule has 110 valence electrons. The highest BCUT2D eigenvalue weighted by atomic mass is 16.5. The van der Waals surface area contributed by atoms with E-state index in [2.05, 4.69) is 5.32 Å². The lowest BCUT2D eigenvalue weighted by atomic mass is 9.95. The van der Waals surface area contributed by atoms with Gasteiger partial charge in [0.2, 0.25) is 0 Å². The standard InChI is InChI=1S/C16H24N2O2/c1-12(16(19)18-14-8-3-2-4-9-14)20-15-10-6-5-7-13(15)11-17/h5-7,10,12,14H,2-4,8-9,11,17H2,1H3,(H,18,19). The molecule has 0 aromatic heterocycles. The average molecular weight is 276 g/mol. The van der Waals surface area contributed by atoms with Gasteiger partial charge in [-0.15, -0.1) is 0 Å². The van der Waals surface area contributed by atoms with Crippen LogP contribution >= 0.6 is 0 Å². The zero-order chi connectivity index (χ0) is 14.4. The summed E-state index contributed by atoms with van der Waals surface area (Å²) in [5.74, 6) is 0.657. The number of para-hydroxylation sites is 1. The van der Waals surface area contributed by atoms with Crippen molar-refractivity contribution in [3.63, 3.8) is 0 Å². The molecule has 4 nitrogen and oxygen atoms in total. The maximum absolute atomic E-state index is 12.1. The van der Waals surface area contributed by atoms with Crippen LogP contribution in [0.2, 0.25) is 0 Å². The monoisotopic (exact) mass is 276 g/mol. The van der Waals surface area contributed by atoms with Gasteiger partial charge in [-0.3, -0.25) is 4.79 Å². The van der Waals surface area contributed by atoms with Crippen LogP contribution in [0, 0.1) is 0 Å². The van der Waals surface area contributed by atoms with Gasteiger partial charge in [-0.05, 0) is 25.8 Å². The summed E-state index contributed by atoms with van der Waals surface area (Å²) in [4.78, 5) is 12.1. The van der Waals surface area contributed by atoms with Crippen molar-refractivity contribution in [1.82, 2.24) is 5.32 Å². The molecule has 1 aliphatic rings. The van der Waals surface area contributed by atoms with Crippen LogP contribution in [0.5, 0.6) is 5.75 Å². The predicted molar refractivity (Wildman–Crippen MR) is 79.4 cm³/mol. The summed E-state index contributed by atoms with van der Waals surface area (Å²) in [5.41, 5.74) is 6.59. The number of hydrogen-bond acceptors (Lipinski definition) is 3. The molecule has 0 bridgehead atoms. The van der Waals surface area contributed by atoms with E-state index in [0.29, 0.717) is 18.3 Å². The SMILES string of the molecule is CC(Oc1ccccc1CN)C(=O)NC1CCCCC1. The van der Waals surface area contributed by atoms with E-state index in [1.54, 1.807) is 6.92 Å². The van der Waals surface area contributed by atoms with Gasteiger partial charge in [0.15, 0.2) is 6.10 Å². The van der Waals surface area contributed by atoms with Crippen molar-refractivity contribution < 1.29 is 9.53 Å². The molecule has 20 heavy (non-hydrogen) atoms. The van der Waals surface area contributed by atoms with Crippen LogP contribution in [0.1, 0.15) is 44.6 Å². The van der Waals surface area contributed by atoms with Crippen LogP contribution in [0.3, 0.4) is 0 Å². The van der Waals surface area contributed by atoms with E-state index in [1.165, 1.54) is 19.3 Å². The van der Waals surface area contributed by atoms with E-state index in [-0.39, 0.29) is 5.91 Å². The van der Waals surface area contributed by atoms with E-state index in [9.17, 15) is 4.79 Å². The Balaban J connectivity index is 1.89. The number of nitrogens with two attached hydrogens (primary N) is 1. The first kappa shape index (κ1) is 14.9. The van der Waals surface area contributed by atoms with Crippen molar-refractivity contribution >= 4 is 5.91 Å². The lowest BCUT2D eigenvalue weighted by molar-refractivity contribution is -0.128. The molecule has 1 aliphatic carbocycles. The van der Waals surface area contributed by atoms with Gasteiger partial charge >= 0.3 is 0 Å². The topological polar surface area (TPSA) is 64.3 Å². The minimum atomic E-state index is -0.496. The van der Waals surface area contributed by atoms with Crippen LogP contribution < -0.4 is 15.8 Å². The third-order valence-electron chi connectivity index (χ3n) is 3.82.